The fraction of sp³-hybridized carbons (Fsp3) is 0.692. The second kappa shape index (κ2) is 5.61. The molecule has 1 atom stereocenters. The normalized spacial score (nSPS) is 30.4. The zero-order chi connectivity index (χ0) is 13.2. The minimum absolute atomic E-state index is 0.442. The summed E-state index contributed by atoms with van der Waals surface area (Å²) in [4.78, 5) is 2.26. The van der Waals surface area contributed by atoms with Crippen LogP contribution in [0, 0.1) is 0 Å². The van der Waals surface area contributed by atoms with E-state index in [1.807, 2.05) is 6.07 Å². The molecule has 1 aromatic heterocycles. The third kappa shape index (κ3) is 2.99. The minimum atomic E-state index is 0.442. The van der Waals surface area contributed by atoms with Crippen LogP contribution in [0.2, 0.25) is 5.15 Å². The van der Waals surface area contributed by atoms with Crippen LogP contribution < -0.4 is 10.2 Å². The van der Waals surface area contributed by atoms with Gasteiger partial charge < -0.3 is 15.0 Å². The lowest BCUT2D eigenvalue weighted by Crippen LogP contribution is -2.49. The maximum Gasteiger partial charge on any atom is 0.151 e. The third-order valence-electron chi connectivity index (χ3n) is 4.03. The number of nitrogens with zero attached hydrogens (tertiary/aromatic N) is 3. The molecule has 1 unspecified atom stereocenters. The summed E-state index contributed by atoms with van der Waals surface area (Å²) in [6, 6.07) is 4.88. The molecule has 0 aromatic carbocycles. The first-order chi connectivity index (χ1) is 9.24. The van der Waals surface area contributed by atoms with Crippen LogP contribution in [0.5, 0.6) is 0 Å². The van der Waals surface area contributed by atoms with Crippen LogP contribution >= 0.6 is 11.6 Å². The van der Waals surface area contributed by atoms with E-state index >= 15 is 0 Å². The van der Waals surface area contributed by atoms with E-state index in [-0.39, 0.29) is 0 Å². The fourth-order valence-corrected chi connectivity index (χ4v) is 2.91. The average molecular weight is 283 g/mol. The Morgan fingerprint density at radius 2 is 2.16 bits per heavy atom. The van der Waals surface area contributed by atoms with E-state index in [9.17, 15) is 0 Å². The van der Waals surface area contributed by atoms with Crippen molar-refractivity contribution in [1.29, 1.82) is 0 Å². The molecule has 3 rings (SSSR count). The Kier molecular flexibility index (Phi) is 3.86. The van der Waals surface area contributed by atoms with Crippen molar-refractivity contribution in [2.24, 2.45) is 0 Å². The predicted molar refractivity (Wildman–Crippen MR) is 74.6 cm³/mol. The largest absolute Gasteiger partial charge is 0.381 e. The van der Waals surface area contributed by atoms with Gasteiger partial charge in [-0.1, -0.05) is 11.6 Å². The van der Waals surface area contributed by atoms with Crippen molar-refractivity contribution in [2.45, 2.75) is 37.5 Å². The molecular weight excluding hydrogens is 264 g/mol. The number of aromatic nitrogens is 2. The van der Waals surface area contributed by atoms with Gasteiger partial charge in [-0.25, -0.2) is 0 Å². The van der Waals surface area contributed by atoms with Gasteiger partial charge in [0.25, 0.3) is 0 Å². The maximum absolute atomic E-state index is 5.75. The van der Waals surface area contributed by atoms with E-state index in [2.05, 4.69) is 20.4 Å². The van der Waals surface area contributed by atoms with Crippen LogP contribution in [-0.4, -0.2) is 48.6 Å². The summed E-state index contributed by atoms with van der Waals surface area (Å²) in [5.74, 6) is 0.914. The molecule has 1 aliphatic carbocycles. The van der Waals surface area contributed by atoms with Crippen LogP contribution in [0.25, 0.3) is 0 Å². The first kappa shape index (κ1) is 13.1. The number of halogens is 1. The summed E-state index contributed by atoms with van der Waals surface area (Å²) in [5, 5.41) is 12.2. The molecule has 1 aliphatic heterocycles. The van der Waals surface area contributed by atoms with Gasteiger partial charge in [-0.3, -0.25) is 0 Å². The SMILES string of the molecule is COC1CC(NC2CCN(c3ccc(Cl)nn3)C2)C1. The lowest BCUT2D eigenvalue weighted by atomic mass is 9.88. The van der Waals surface area contributed by atoms with Crippen molar-refractivity contribution < 1.29 is 4.74 Å². The van der Waals surface area contributed by atoms with Crippen molar-refractivity contribution in [3.8, 4) is 0 Å². The molecule has 0 radical (unpaired) electrons. The lowest BCUT2D eigenvalue weighted by molar-refractivity contribution is 0.0149. The van der Waals surface area contributed by atoms with Crippen molar-refractivity contribution in [1.82, 2.24) is 15.5 Å². The Hall–Kier alpha value is -0.910. The Labute approximate surface area is 118 Å². The summed E-state index contributed by atoms with van der Waals surface area (Å²) in [6.45, 7) is 2.01. The van der Waals surface area contributed by atoms with Gasteiger partial charge in [-0.15, -0.1) is 10.2 Å². The second-order valence-electron chi connectivity index (χ2n) is 5.34. The summed E-state index contributed by atoms with van der Waals surface area (Å²) in [7, 11) is 1.79. The second-order valence-corrected chi connectivity index (χ2v) is 5.73. The van der Waals surface area contributed by atoms with Crippen LogP contribution in [0.3, 0.4) is 0 Å². The summed E-state index contributed by atoms with van der Waals surface area (Å²) < 4.78 is 5.30. The average Bonchev–Trinajstić information content (AvgIpc) is 2.82. The van der Waals surface area contributed by atoms with Crippen LogP contribution in [0.4, 0.5) is 5.82 Å². The van der Waals surface area contributed by atoms with Crippen LogP contribution in [0.15, 0.2) is 12.1 Å². The molecule has 1 aromatic rings. The highest BCUT2D eigenvalue weighted by Crippen LogP contribution is 2.25. The van der Waals surface area contributed by atoms with Gasteiger partial charge in [0, 0.05) is 32.3 Å². The molecule has 1 N–H and O–H groups in total. The molecule has 1 saturated carbocycles. The monoisotopic (exact) mass is 282 g/mol. The Morgan fingerprint density at radius 1 is 1.32 bits per heavy atom. The molecule has 1 saturated heterocycles. The number of hydrogen-bond acceptors (Lipinski definition) is 5. The van der Waals surface area contributed by atoms with E-state index < -0.39 is 0 Å². The van der Waals surface area contributed by atoms with Gasteiger partial charge in [0.1, 0.15) is 0 Å². The summed E-state index contributed by atoms with van der Waals surface area (Å²) in [5.41, 5.74) is 0. The van der Waals surface area contributed by atoms with Crippen LogP contribution in [0.1, 0.15) is 19.3 Å². The highest BCUT2D eigenvalue weighted by atomic mass is 35.5. The number of rotatable bonds is 4. The van der Waals surface area contributed by atoms with E-state index in [0.29, 0.717) is 23.3 Å². The molecule has 2 fully saturated rings. The topological polar surface area (TPSA) is 50.3 Å². The zero-order valence-corrected chi connectivity index (χ0v) is 11.8. The Morgan fingerprint density at radius 3 is 2.84 bits per heavy atom. The molecule has 19 heavy (non-hydrogen) atoms. The highest BCUT2D eigenvalue weighted by molar-refractivity contribution is 6.29. The smallest absolute Gasteiger partial charge is 0.151 e. The summed E-state index contributed by atoms with van der Waals surface area (Å²) >= 11 is 5.75. The Bertz CT molecular complexity index is 421. The minimum Gasteiger partial charge on any atom is -0.381 e. The number of hydrogen-bond donors (Lipinski definition) is 1. The van der Waals surface area contributed by atoms with E-state index in [1.165, 1.54) is 0 Å². The first-order valence-corrected chi connectivity index (χ1v) is 7.15. The van der Waals surface area contributed by atoms with Gasteiger partial charge >= 0.3 is 0 Å². The molecule has 0 spiro atoms. The third-order valence-corrected chi connectivity index (χ3v) is 4.23. The number of anilines is 1. The zero-order valence-electron chi connectivity index (χ0n) is 11.1. The predicted octanol–water partition coefficient (Wildman–Crippen LogP) is 1.48. The van der Waals surface area contributed by atoms with Gasteiger partial charge in [-0.2, -0.15) is 0 Å². The maximum atomic E-state index is 5.75. The molecule has 2 aliphatic rings. The van der Waals surface area contributed by atoms with Gasteiger partial charge in [0.15, 0.2) is 11.0 Å². The number of nitrogens with one attached hydrogen (secondary N) is 1. The molecule has 0 amide bonds. The molecule has 0 bridgehead atoms. The van der Waals surface area contributed by atoms with Gasteiger partial charge in [0.05, 0.1) is 6.10 Å². The molecule has 5 nitrogen and oxygen atoms in total. The fourth-order valence-electron chi connectivity index (χ4n) is 2.81. The van der Waals surface area contributed by atoms with E-state index in [4.69, 9.17) is 16.3 Å². The summed E-state index contributed by atoms with van der Waals surface area (Å²) in [6.07, 6.45) is 3.87. The molecule has 2 heterocycles. The lowest BCUT2D eigenvalue weighted by Gasteiger charge is -2.36. The van der Waals surface area contributed by atoms with Crippen LogP contribution in [-0.2, 0) is 4.74 Å². The van der Waals surface area contributed by atoms with E-state index in [0.717, 1.165) is 38.2 Å². The van der Waals surface area contributed by atoms with Crippen molar-refractivity contribution in [3.63, 3.8) is 0 Å². The van der Waals surface area contributed by atoms with Crippen molar-refractivity contribution >= 4 is 17.4 Å². The van der Waals surface area contributed by atoms with Gasteiger partial charge in [-0.05, 0) is 31.4 Å². The Balaban J connectivity index is 1.49. The van der Waals surface area contributed by atoms with Gasteiger partial charge in [0.2, 0.25) is 0 Å². The van der Waals surface area contributed by atoms with Crippen molar-refractivity contribution in [2.75, 3.05) is 25.1 Å². The number of methoxy groups -OCH3 is 1. The molecule has 6 heteroatoms. The standard InChI is InChI=1S/C13H19ClN4O/c1-19-11-6-10(7-11)15-9-4-5-18(8-9)13-3-2-12(14)16-17-13/h2-3,9-11,15H,4-8H2,1H3. The quantitative estimate of drug-likeness (QED) is 0.906. The number of ether oxygens (including phenoxy) is 1. The highest BCUT2D eigenvalue weighted by Gasteiger charge is 2.32. The molecular formula is C13H19ClN4O. The van der Waals surface area contributed by atoms with Crippen molar-refractivity contribution in [3.05, 3.63) is 17.3 Å². The molecule has 104 valence electrons. The van der Waals surface area contributed by atoms with E-state index in [1.54, 1.807) is 13.2 Å². The first-order valence-electron chi connectivity index (χ1n) is 6.77.